The van der Waals surface area contributed by atoms with E-state index >= 15 is 0 Å². The van der Waals surface area contributed by atoms with Crippen molar-refractivity contribution in [1.82, 2.24) is 45.0 Å². The molecule has 0 radical (unpaired) electrons. The van der Waals surface area contributed by atoms with Crippen molar-refractivity contribution < 1.29 is 14.9 Å². The molecule has 7 rings (SSSR count). The predicted molar refractivity (Wildman–Crippen MR) is 179 cm³/mol. The average Bonchev–Trinajstić information content (AvgIpc) is 3.86. The van der Waals surface area contributed by atoms with Crippen LogP contribution in [0.5, 0.6) is 0 Å². The quantitative estimate of drug-likeness (QED) is 0.136. The first-order chi connectivity index (χ1) is 23.6. The van der Waals surface area contributed by atoms with E-state index in [0.29, 0.717) is 42.4 Å². The molecular formula is C35H38N10O3. The molecule has 13 heteroatoms. The summed E-state index contributed by atoms with van der Waals surface area (Å²) in [7, 11) is 0. The van der Waals surface area contributed by atoms with Crippen LogP contribution in [-0.2, 0) is 24.2 Å². The number of aromatic nitrogens is 8. The van der Waals surface area contributed by atoms with Crippen LogP contribution in [0, 0.1) is 0 Å². The molecule has 3 aromatic carbocycles. The van der Waals surface area contributed by atoms with Crippen LogP contribution in [0.2, 0.25) is 0 Å². The summed E-state index contributed by atoms with van der Waals surface area (Å²) in [6.07, 6.45) is -2.12. The first kappa shape index (κ1) is 31.5. The van der Waals surface area contributed by atoms with E-state index in [2.05, 4.69) is 67.4 Å². The number of aliphatic hydroxyl groups is 2. The molecule has 0 spiro atoms. The number of anilines is 1. The third-order valence-electron chi connectivity index (χ3n) is 8.58. The smallest absolute Gasteiger partial charge is 0.206 e. The second-order valence-electron chi connectivity index (χ2n) is 11.7. The molecule has 1 fully saturated rings. The summed E-state index contributed by atoms with van der Waals surface area (Å²) in [6, 6.07) is 31.0. The highest BCUT2D eigenvalue weighted by molar-refractivity contribution is 5.83. The summed E-state index contributed by atoms with van der Waals surface area (Å²) in [6.45, 7) is 4.09. The number of ether oxygens (including phenoxy) is 1. The first-order valence-electron chi connectivity index (χ1n) is 16.2. The van der Waals surface area contributed by atoms with Gasteiger partial charge in [-0.05, 0) is 41.8 Å². The minimum absolute atomic E-state index is 0.0480. The fourth-order valence-corrected chi connectivity index (χ4v) is 6.03. The van der Waals surface area contributed by atoms with Crippen molar-refractivity contribution in [2.45, 2.75) is 56.9 Å². The van der Waals surface area contributed by atoms with Crippen LogP contribution in [0.15, 0.2) is 97.3 Å². The normalized spacial score (nSPS) is 19.3. The standard InChI is InChI=1S/C35H38N10O3/c1-2-45-42-33(41-43-45)31-29(46)30(47)35(48-31)44-22-38-28-32(37-20-26(24-14-8-4-9-15-24)25-16-10-5-11-17-25)39-27(40-34(28)44)21-36-19-18-23-12-6-3-7-13-23/h3-17,22,26,29-31,35-36,46-47H,2,18-21H2,1H3,(H,37,39,40)/t29-,30+,31-,35+/m0/s1. The molecule has 48 heavy (non-hydrogen) atoms. The third kappa shape index (κ3) is 6.66. The second-order valence-corrected chi connectivity index (χ2v) is 11.7. The molecule has 0 amide bonds. The molecule has 0 unspecified atom stereocenters. The molecule has 0 aliphatic carbocycles. The van der Waals surface area contributed by atoms with E-state index in [0.717, 1.165) is 13.0 Å². The van der Waals surface area contributed by atoms with E-state index < -0.39 is 24.5 Å². The van der Waals surface area contributed by atoms with Crippen molar-refractivity contribution >= 4 is 17.0 Å². The fourth-order valence-electron chi connectivity index (χ4n) is 6.03. The lowest BCUT2D eigenvalue weighted by Gasteiger charge is -2.20. The van der Waals surface area contributed by atoms with Gasteiger partial charge in [0, 0.05) is 12.5 Å². The summed E-state index contributed by atoms with van der Waals surface area (Å²) < 4.78 is 7.81. The summed E-state index contributed by atoms with van der Waals surface area (Å²) in [5, 5.41) is 41.4. The van der Waals surface area contributed by atoms with Crippen molar-refractivity contribution in [3.05, 3.63) is 126 Å². The Morgan fingerprint density at radius 3 is 2.23 bits per heavy atom. The van der Waals surface area contributed by atoms with Crippen molar-refractivity contribution in [2.24, 2.45) is 0 Å². The Hall–Kier alpha value is -5.08. The predicted octanol–water partition coefficient (Wildman–Crippen LogP) is 3.40. The molecule has 1 aliphatic rings. The number of hydrogen-bond acceptors (Lipinski definition) is 11. The number of fused-ring (bicyclic) bond motifs is 1. The fraction of sp³-hybridized carbons (Fsp3) is 0.314. The van der Waals surface area contributed by atoms with E-state index in [1.54, 1.807) is 10.9 Å². The van der Waals surface area contributed by atoms with E-state index in [1.807, 2.05) is 61.5 Å². The number of benzene rings is 3. The third-order valence-corrected chi connectivity index (χ3v) is 8.58. The number of imidazole rings is 1. The summed E-state index contributed by atoms with van der Waals surface area (Å²) in [5.41, 5.74) is 4.57. The first-order valence-corrected chi connectivity index (χ1v) is 16.2. The average molecular weight is 647 g/mol. The Morgan fingerprint density at radius 2 is 1.56 bits per heavy atom. The molecule has 13 nitrogen and oxygen atoms in total. The highest BCUT2D eigenvalue weighted by Crippen LogP contribution is 2.39. The number of nitrogens with zero attached hydrogens (tertiary/aromatic N) is 8. The highest BCUT2D eigenvalue weighted by Gasteiger charge is 2.47. The lowest BCUT2D eigenvalue weighted by atomic mass is 9.91. The monoisotopic (exact) mass is 646 g/mol. The molecule has 4 N–H and O–H groups in total. The van der Waals surface area contributed by atoms with Gasteiger partial charge in [0.15, 0.2) is 29.3 Å². The van der Waals surface area contributed by atoms with Crippen molar-refractivity contribution in [2.75, 3.05) is 18.4 Å². The molecule has 0 bridgehead atoms. The van der Waals surface area contributed by atoms with Gasteiger partial charge in [0.2, 0.25) is 5.82 Å². The molecule has 4 heterocycles. The Balaban J connectivity index is 1.19. The zero-order chi connectivity index (χ0) is 32.9. The molecule has 4 atom stereocenters. The summed E-state index contributed by atoms with van der Waals surface area (Å²) >= 11 is 0. The molecule has 1 aliphatic heterocycles. The second kappa shape index (κ2) is 14.4. The molecule has 246 valence electrons. The van der Waals surface area contributed by atoms with E-state index in [4.69, 9.17) is 14.7 Å². The van der Waals surface area contributed by atoms with Gasteiger partial charge in [-0.25, -0.2) is 15.0 Å². The van der Waals surface area contributed by atoms with Crippen LogP contribution in [0.1, 0.15) is 53.5 Å². The van der Waals surface area contributed by atoms with Gasteiger partial charge in [-0.1, -0.05) is 91.0 Å². The van der Waals surface area contributed by atoms with Crippen LogP contribution in [0.3, 0.4) is 0 Å². The lowest BCUT2D eigenvalue weighted by molar-refractivity contribution is -0.0384. The largest absolute Gasteiger partial charge is 0.387 e. The summed E-state index contributed by atoms with van der Waals surface area (Å²) in [5.74, 6) is 1.36. The van der Waals surface area contributed by atoms with E-state index in [-0.39, 0.29) is 11.7 Å². The van der Waals surface area contributed by atoms with Crippen LogP contribution >= 0.6 is 0 Å². The molecular weight excluding hydrogens is 608 g/mol. The van der Waals surface area contributed by atoms with Crippen molar-refractivity contribution in [3.63, 3.8) is 0 Å². The minimum atomic E-state index is -1.29. The summed E-state index contributed by atoms with van der Waals surface area (Å²) in [4.78, 5) is 15.9. The molecule has 1 saturated heterocycles. The number of hydrogen-bond donors (Lipinski definition) is 4. The maximum Gasteiger partial charge on any atom is 0.206 e. The van der Waals surface area contributed by atoms with Gasteiger partial charge < -0.3 is 25.6 Å². The van der Waals surface area contributed by atoms with Crippen molar-refractivity contribution in [1.29, 1.82) is 0 Å². The lowest BCUT2D eigenvalue weighted by Crippen LogP contribution is -2.29. The van der Waals surface area contributed by atoms with Crippen LogP contribution in [0.25, 0.3) is 11.2 Å². The van der Waals surface area contributed by atoms with E-state index in [9.17, 15) is 10.2 Å². The minimum Gasteiger partial charge on any atom is -0.387 e. The topological polar surface area (TPSA) is 161 Å². The van der Waals surface area contributed by atoms with Gasteiger partial charge in [0.25, 0.3) is 0 Å². The SMILES string of the molecule is CCn1nnc([C@H]2O[C@@H](n3cnc4c(NCC(c5ccccc5)c5ccccc5)nc(CNCCc5ccccc5)nc43)[C@H](O)[C@@H]2O)n1. The van der Waals surface area contributed by atoms with Crippen LogP contribution in [0.4, 0.5) is 5.82 Å². The van der Waals surface area contributed by atoms with Gasteiger partial charge in [0.05, 0.1) is 19.4 Å². The number of rotatable bonds is 13. The maximum absolute atomic E-state index is 11.2. The Labute approximate surface area is 277 Å². The van der Waals surface area contributed by atoms with Crippen LogP contribution in [-0.4, -0.2) is 75.2 Å². The van der Waals surface area contributed by atoms with Gasteiger partial charge in [0.1, 0.15) is 18.0 Å². The number of aliphatic hydroxyl groups excluding tert-OH is 2. The zero-order valence-corrected chi connectivity index (χ0v) is 26.5. The molecule has 6 aromatic rings. The number of tetrazole rings is 1. The zero-order valence-electron chi connectivity index (χ0n) is 26.5. The van der Waals surface area contributed by atoms with Gasteiger partial charge >= 0.3 is 0 Å². The molecule has 0 saturated carbocycles. The van der Waals surface area contributed by atoms with Crippen LogP contribution < -0.4 is 10.6 Å². The Bertz CT molecular complexity index is 1880. The Kier molecular flexibility index (Phi) is 9.43. The maximum atomic E-state index is 11.2. The molecule has 3 aromatic heterocycles. The number of nitrogens with one attached hydrogen (secondary N) is 2. The van der Waals surface area contributed by atoms with Crippen molar-refractivity contribution in [3.8, 4) is 0 Å². The number of aryl methyl sites for hydroxylation is 1. The highest BCUT2D eigenvalue weighted by atomic mass is 16.6. The Morgan fingerprint density at radius 1 is 0.875 bits per heavy atom. The van der Waals surface area contributed by atoms with Gasteiger partial charge in [-0.3, -0.25) is 4.57 Å². The van der Waals surface area contributed by atoms with Gasteiger partial charge in [-0.15, -0.1) is 10.2 Å². The van der Waals surface area contributed by atoms with E-state index in [1.165, 1.54) is 21.5 Å². The van der Waals surface area contributed by atoms with Gasteiger partial charge in [-0.2, -0.15) is 4.80 Å².